The monoisotopic (exact) mass is 364 g/mol. The van der Waals surface area contributed by atoms with Gasteiger partial charge in [-0.15, -0.1) is 36.6 Å². The Labute approximate surface area is 144 Å². The van der Waals surface area contributed by atoms with Gasteiger partial charge in [-0.3, -0.25) is 9.69 Å². The largest absolute Gasteiger partial charge is 0.373 e. The quantitative estimate of drug-likeness (QED) is 0.487. The first-order valence-electron chi connectivity index (χ1n) is 6.21. The summed E-state index contributed by atoms with van der Waals surface area (Å²) in [5.41, 5.74) is 1.16. The number of β-lactam (4-membered cyclic amide) rings is 1. The third-order valence-corrected chi connectivity index (χ3v) is 4.66. The van der Waals surface area contributed by atoms with Crippen molar-refractivity contribution in [3.8, 4) is 0 Å². The average molecular weight is 365 g/mol. The van der Waals surface area contributed by atoms with Gasteiger partial charge in [0.15, 0.2) is 18.9 Å². The van der Waals surface area contributed by atoms with Crippen LogP contribution < -0.4 is 10.5 Å². The van der Waals surface area contributed by atoms with Gasteiger partial charge < -0.3 is 4.84 Å². The Morgan fingerprint density at radius 2 is 2.05 bits per heavy atom. The number of carbonyl (C=O) groups is 2. The minimum atomic E-state index is -0.644. The zero-order valence-electron chi connectivity index (χ0n) is 11.5. The molecule has 1 atom stereocenters. The zero-order chi connectivity index (χ0) is 14.1. The van der Waals surface area contributed by atoms with Gasteiger partial charge >= 0.3 is 5.97 Å². The average Bonchev–Trinajstić information content (AvgIpc) is 2.47. The maximum atomic E-state index is 11.9. The van der Waals surface area contributed by atoms with Crippen molar-refractivity contribution in [3.05, 3.63) is 41.9 Å². The molecule has 1 aromatic rings. The lowest BCUT2D eigenvalue weighted by Crippen LogP contribution is -2.55. The molecule has 1 amide bonds. The van der Waals surface area contributed by atoms with Crippen LogP contribution in [0.3, 0.4) is 0 Å². The molecule has 2 N–H and O–H groups in total. The molecular formula is C13H16Cl2N3O3S+. The third-order valence-electron chi connectivity index (χ3n) is 3.38. The van der Waals surface area contributed by atoms with Gasteiger partial charge in [-0.25, -0.2) is 9.36 Å². The Morgan fingerprint density at radius 3 is 2.64 bits per heavy atom. The van der Waals surface area contributed by atoms with E-state index in [1.54, 1.807) is 11.8 Å². The highest BCUT2D eigenvalue weighted by Gasteiger charge is 2.46. The smallest absolute Gasteiger partial charge is 0.369 e. The Balaban J connectivity index is 0.00000121. The molecule has 0 radical (unpaired) electrons. The molecule has 2 aliphatic heterocycles. The Kier molecular flexibility index (Phi) is 6.67. The van der Waals surface area contributed by atoms with Crippen molar-refractivity contribution in [2.75, 3.05) is 5.75 Å². The highest BCUT2D eigenvalue weighted by molar-refractivity contribution is 8.00. The standard InChI is InChI=1S/C13H14N3O3S.2ClH/c14-19-13(18)12-9(7-15-4-2-1-3-5-15)8-20-11-6-10(17)16(11)12;;/h1-5,11H,6-8,14H2;2*1H/q+1;;/t11-;;/m0../s1. The number of carbonyl (C=O) groups excluding carboxylic acids is 2. The molecule has 9 heteroatoms. The first-order chi connectivity index (χ1) is 9.70. The van der Waals surface area contributed by atoms with Crippen LogP contribution in [-0.2, 0) is 21.0 Å². The summed E-state index contributed by atoms with van der Waals surface area (Å²) in [7, 11) is 0. The second-order valence-corrected chi connectivity index (χ2v) is 5.80. The molecule has 0 aromatic carbocycles. The Bertz CT molecular complexity index is 597. The van der Waals surface area contributed by atoms with Crippen molar-refractivity contribution in [1.29, 1.82) is 0 Å². The van der Waals surface area contributed by atoms with E-state index in [0.717, 1.165) is 5.57 Å². The molecule has 0 spiro atoms. The van der Waals surface area contributed by atoms with E-state index in [1.807, 2.05) is 35.2 Å². The Morgan fingerprint density at radius 1 is 1.36 bits per heavy atom. The number of fused-ring (bicyclic) bond motifs is 1. The maximum absolute atomic E-state index is 11.9. The van der Waals surface area contributed by atoms with Crippen LogP contribution in [0.5, 0.6) is 0 Å². The summed E-state index contributed by atoms with van der Waals surface area (Å²) in [5, 5.41) is 0.0427. The van der Waals surface area contributed by atoms with Crippen molar-refractivity contribution in [3.63, 3.8) is 0 Å². The van der Waals surface area contributed by atoms with Gasteiger partial charge in [0.25, 0.3) is 0 Å². The van der Waals surface area contributed by atoms with Crippen LogP contribution in [0.2, 0.25) is 0 Å². The first-order valence-corrected chi connectivity index (χ1v) is 7.26. The van der Waals surface area contributed by atoms with Gasteiger partial charge in [0, 0.05) is 23.5 Å². The van der Waals surface area contributed by atoms with E-state index in [0.29, 0.717) is 24.4 Å². The molecular weight excluding hydrogens is 349 g/mol. The molecule has 2 aliphatic rings. The van der Waals surface area contributed by atoms with Gasteiger partial charge in [0.2, 0.25) is 5.91 Å². The normalized spacial score (nSPS) is 19.4. The van der Waals surface area contributed by atoms with Crippen LogP contribution in [-0.4, -0.2) is 27.9 Å². The molecule has 3 rings (SSSR count). The summed E-state index contributed by atoms with van der Waals surface area (Å²) in [6, 6.07) is 5.74. The predicted octanol–water partition coefficient (Wildman–Crippen LogP) is 0.794. The summed E-state index contributed by atoms with van der Waals surface area (Å²) >= 11 is 1.66. The van der Waals surface area contributed by atoms with Crippen LogP contribution in [0.4, 0.5) is 0 Å². The third kappa shape index (κ3) is 3.38. The molecule has 1 fully saturated rings. The number of hydrogen-bond donors (Lipinski definition) is 1. The topological polar surface area (TPSA) is 76.5 Å². The number of halogens is 2. The molecule has 22 heavy (non-hydrogen) atoms. The molecule has 0 aliphatic carbocycles. The highest BCUT2D eigenvalue weighted by Crippen LogP contribution is 2.40. The number of amides is 1. The van der Waals surface area contributed by atoms with E-state index in [2.05, 4.69) is 4.84 Å². The van der Waals surface area contributed by atoms with E-state index in [-0.39, 0.29) is 36.1 Å². The lowest BCUT2D eigenvalue weighted by atomic mass is 10.1. The van der Waals surface area contributed by atoms with Gasteiger partial charge in [-0.2, -0.15) is 5.90 Å². The summed E-state index contributed by atoms with van der Waals surface area (Å²) in [5.74, 6) is 4.99. The minimum absolute atomic E-state index is 0. The van der Waals surface area contributed by atoms with Crippen molar-refractivity contribution in [2.24, 2.45) is 5.90 Å². The molecule has 1 aromatic heterocycles. The van der Waals surface area contributed by atoms with Gasteiger partial charge in [-0.1, -0.05) is 6.07 Å². The van der Waals surface area contributed by atoms with E-state index in [9.17, 15) is 9.59 Å². The van der Waals surface area contributed by atoms with Crippen LogP contribution >= 0.6 is 36.6 Å². The molecule has 0 bridgehead atoms. The van der Waals surface area contributed by atoms with Crippen molar-refractivity contribution in [1.82, 2.24) is 4.90 Å². The molecule has 3 heterocycles. The fourth-order valence-electron chi connectivity index (χ4n) is 2.40. The van der Waals surface area contributed by atoms with E-state index in [4.69, 9.17) is 5.90 Å². The Hall–Kier alpha value is -1.28. The number of rotatable bonds is 3. The first kappa shape index (κ1) is 18.8. The van der Waals surface area contributed by atoms with Gasteiger partial charge in [-0.05, 0) is 0 Å². The van der Waals surface area contributed by atoms with Crippen LogP contribution in [0, 0.1) is 0 Å². The zero-order valence-corrected chi connectivity index (χ0v) is 14.0. The lowest BCUT2D eigenvalue weighted by molar-refractivity contribution is -0.689. The second-order valence-electron chi connectivity index (χ2n) is 4.64. The van der Waals surface area contributed by atoms with Crippen molar-refractivity contribution >= 4 is 48.5 Å². The maximum Gasteiger partial charge on any atom is 0.373 e. The highest BCUT2D eigenvalue weighted by atomic mass is 35.5. The van der Waals surface area contributed by atoms with Gasteiger partial charge in [0.05, 0.1) is 11.8 Å². The van der Waals surface area contributed by atoms with E-state index < -0.39 is 5.97 Å². The van der Waals surface area contributed by atoms with Crippen LogP contribution in [0.25, 0.3) is 0 Å². The SMILES string of the molecule is Cl.Cl.NOC(=O)C1=C(C[n+]2ccccc2)CS[C@H]2CC(=O)N12. The number of hydrogen-bond acceptors (Lipinski definition) is 5. The molecule has 0 saturated carbocycles. The van der Waals surface area contributed by atoms with Crippen molar-refractivity contribution in [2.45, 2.75) is 18.3 Å². The lowest BCUT2D eigenvalue weighted by Gasteiger charge is -2.43. The van der Waals surface area contributed by atoms with Crippen molar-refractivity contribution < 1.29 is 19.0 Å². The fourth-order valence-corrected chi connectivity index (χ4v) is 3.66. The predicted molar refractivity (Wildman–Crippen MR) is 86.1 cm³/mol. The molecule has 6 nitrogen and oxygen atoms in total. The second kappa shape index (κ2) is 7.82. The summed E-state index contributed by atoms with van der Waals surface area (Å²) < 4.78 is 1.95. The molecule has 1 saturated heterocycles. The van der Waals surface area contributed by atoms with E-state index >= 15 is 0 Å². The number of nitrogens with zero attached hydrogens (tertiary/aromatic N) is 2. The number of thioether (sulfide) groups is 1. The number of pyridine rings is 1. The molecule has 120 valence electrons. The minimum Gasteiger partial charge on any atom is -0.369 e. The number of nitrogens with two attached hydrogens (primary N) is 1. The van der Waals surface area contributed by atoms with Crippen LogP contribution in [0.15, 0.2) is 41.9 Å². The summed E-state index contributed by atoms with van der Waals surface area (Å²) in [6.45, 7) is 0.536. The van der Waals surface area contributed by atoms with E-state index in [1.165, 1.54) is 4.90 Å². The van der Waals surface area contributed by atoms with Crippen LogP contribution in [0.1, 0.15) is 6.42 Å². The fraction of sp³-hybridized carbons (Fsp3) is 0.308. The summed E-state index contributed by atoms with van der Waals surface area (Å²) in [4.78, 5) is 29.5. The van der Waals surface area contributed by atoms with Gasteiger partial charge in [0.1, 0.15) is 5.70 Å². The number of aromatic nitrogens is 1. The molecule has 0 unspecified atom stereocenters. The summed E-state index contributed by atoms with van der Waals surface area (Å²) in [6.07, 6.45) is 4.29.